The van der Waals surface area contributed by atoms with Gasteiger partial charge in [-0.2, -0.15) is 0 Å². The van der Waals surface area contributed by atoms with E-state index in [4.69, 9.17) is 0 Å². The molecule has 0 saturated carbocycles. The summed E-state index contributed by atoms with van der Waals surface area (Å²) in [5, 5.41) is 13.7. The van der Waals surface area contributed by atoms with Gasteiger partial charge in [0.1, 0.15) is 0 Å². The van der Waals surface area contributed by atoms with Gasteiger partial charge in [-0.3, -0.25) is 14.9 Å². The van der Waals surface area contributed by atoms with E-state index in [1.54, 1.807) is 13.0 Å². The van der Waals surface area contributed by atoms with Crippen molar-refractivity contribution >= 4 is 33.3 Å². The Morgan fingerprint density at radius 1 is 1.56 bits per heavy atom. The molecule has 1 aromatic rings. The topological polar surface area (TPSA) is 81.5 Å². The second-order valence-corrected chi connectivity index (χ2v) is 4.48. The first-order chi connectivity index (χ1) is 8.45. The van der Waals surface area contributed by atoms with Crippen LogP contribution in [0.2, 0.25) is 0 Å². The van der Waals surface area contributed by atoms with Crippen LogP contribution in [-0.4, -0.2) is 24.5 Å². The van der Waals surface area contributed by atoms with Crippen LogP contribution in [0.25, 0.3) is 0 Å². The van der Waals surface area contributed by atoms with E-state index in [0.29, 0.717) is 22.3 Å². The molecule has 0 aliphatic carbocycles. The zero-order valence-corrected chi connectivity index (χ0v) is 11.6. The number of hydrogen-bond donors (Lipinski definition) is 1. The summed E-state index contributed by atoms with van der Waals surface area (Å²) in [4.78, 5) is 21.2. The van der Waals surface area contributed by atoms with Crippen LogP contribution in [0.5, 0.6) is 0 Å². The SMILES string of the molecule is COC(=O)CCNc1cc(C)c([N+](=O)[O-])cc1Br. The van der Waals surface area contributed by atoms with Crippen molar-refractivity contribution in [2.45, 2.75) is 13.3 Å². The van der Waals surface area contributed by atoms with Crippen LogP contribution >= 0.6 is 15.9 Å². The molecule has 18 heavy (non-hydrogen) atoms. The van der Waals surface area contributed by atoms with Gasteiger partial charge in [-0.1, -0.05) is 0 Å². The number of nitro benzene ring substituents is 1. The molecule has 0 saturated heterocycles. The van der Waals surface area contributed by atoms with E-state index in [-0.39, 0.29) is 18.1 Å². The normalized spacial score (nSPS) is 9.94. The maximum atomic E-state index is 10.9. The van der Waals surface area contributed by atoms with Gasteiger partial charge < -0.3 is 10.1 Å². The molecule has 0 radical (unpaired) electrons. The summed E-state index contributed by atoms with van der Waals surface area (Å²) < 4.78 is 5.10. The Hall–Kier alpha value is -1.63. The van der Waals surface area contributed by atoms with Crippen molar-refractivity contribution < 1.29 is 14.5 Å². The number of rotatable bonds is 5. The Morgan fingerprint density at radius 2 is 2.22 bits per heavy atom. The number of methoxy groups -OCH3 is 1. The summed E-state index contributed by atoms with van der Waals surface area (Å²) in [6, 6.07) is 3.11. The van der Waals surface area contributed by atoms with E-state index in [2.05, 4.69) is 26.0 Å². The number of nitrogens with zero attached hydrogens (tertiary/aromatic N) is 1. The first kappa shape index (κ1) is 14.4. The summed E-state index contributed by atoms with van der Waals surface area (Å²) in [5.41, 5.74) is 1.33. The number of nitro groups is 1. The van der Waals surface area contributed by atoms with E-state index >= 15 is 0 Å². The average Bonchev–Trinajstić information content (AvgIpc) is 2.32. The van der Waals surface area contributed by atoms with Crippen molar-refractivity contribution in [2.24, 2.45) is 0 Å². The molecule has 0 bridgehead atoms. The van der Waals surface area contributed by atoms with Gasteiger partial charge in [-0.25, -0.2) is 0 Å². The van der Waals surface area contributed by atoms with Crippen LogP contribution in [-0.2, 0) is 9.53 Å². The Kier molecular flexibility index (Phi) is 5.08. The number of halogens is 1. The quantitative estimate of drug-likeness (QED) is 0.513. The van der Waals surface area contributed by atoms with Crippen molar-refractivity contribution in [1.82, 2.24) is 0 Å². The molecule has 1 rings (SSSR count). The summed E-state index contributed by atoms with van der Waals surface area (Å²) in [6.07, 6.45) is 0.235. The number of esters is 1. The molecular weight excluding hydrogens is 304 g/mol. The second kappa shape index (κ2) is 6.34. The van der Waals surface area contributed by atoms with Crippen LogP contribution in [0.3, 0.4) is 0 Å². The Balaban J connectivity index is 2.76. The molecule has 6 nitrogen and oxygen atoms in total. The van der Waals surface area contributed by atoms with E-state index < -0.39 is 4.92 Å². The van der Waals surface area contributed by atoms with Crippen molar-refractivity contribution in [3.05, 3.63) is 32.3 Å². The lowest BCUT2D eigenvalue weighted by Crippen LogP contribution is -2.10. The third kappa shape index (κ3) is 3.69. The minimum absolute atomic E-state index is 0.0559. The highest BCUT2D eigenvalue weighted by atomic mass is 79.9. The number of hydrogen-bond acceptors (Lipinski definition) is 5. The predicted octanol–water partition coefficient (Wildman–Crippen LogP) is 2.64. The highest BCUT2D eigenvalue weighted by Crippen LogP contribution is 2.30. The molecule has 1 N–H and O–H groups in total. The van der Waals surface area contributed by atoms with E-state index in [1.165, 1.54) is 13.2 Å². The fourth-order valence-corrected chi connectivity index (χ4v) is 1.88. The van der Waals surface area contributed by atoms with Gasteiger partial charge in [0, 0.05) is 28.3 Å². The number of ether oxygens (including phenoxy) is 1. The summed E-state index contributed by atoms with van der Waals surface area (Å²) in [7, 11) is 1.33. The largest absolute Gasteiger partial charge is 0.469 e. The first-order valence-corrected chi connectivity index (χ1v) is 6.00. The van der Waals surface area contributed by atoms with Gasteiger partial charge in [0.15, 0.2) is 0 Å². The maximum Gasteiger partial charge on any atom is 0.307 e. The molecule has 7 heteroatoms. The lowest BCUT2D eigenvalue weighted by molar-refractivity contribution is -0.385. The third-order valence-corrected chi connectivity index (χ3v) is 3.01. The number of anilines is 1. The lowest BCUT2D eigenvalue weighted by Gasteiger charge is -2.09. The molecule has 98 valence electrons. The zero-order valence-electron chi connectivity index (χ0n) is 10.0. The summed E-state index contributed by atoms with van der Waals surface area (Å²) in [6.45, 7) is 2.07. The van der Waals surface area contributed by atoms with E-state index in [0.717, 1.165) is 0 Å². The maximum absolute atomic E-state index is 10.9. The fourth-order valence-electron chi connectivity index (χ4n) is 1.40. The zero-order chi connectivity index (χ0) is 13.7. The van der Waals surface area contributed by atoms with Gasteiger partial charge in [0.25, 0.3) is 5.69 Å². The summed E-state index contributed by atoms with van der Waals surface area (Å²) >= 11 is 3.25. The van der Waals surface area contributed by atoms with Crippen LogP contribution in [0.15, 0.2) is 16.6 Å². The monoisotopic (exact) mass is 316 g/mol. The van der Waals surface area contributed by atoms with E-state index in [1.807, 2.05) is 0 Å². The molecule has 0 atom stereocenters. The van der Waals surface area contributed by atoms with Gasteiger partial charge in [0.05, 0.1) is 18.5 Å². The Labute approximate surface area is 113 Å². The smallest absolute Gasteiger partial charge is 0.307 e. The Bertz CT molecular complexity index is 476. The minimum atomic E-state index is -0.432. The number of benzene rings is 1. The van der Waals surface area contributed by atoms with Crippen LogP contribution in [0.4, 0.5) is 11.4 Å². The van der Waals surface area contributed by atoms with Crippen LogP contribution in [0, 0.1) is 17.0 Å². The first-order valence-electron chi connectivity index (χ1n) is 5.21. The number of carbonyl (C=O) groups is 1. The van der Waals surface area contributed by atoms with Gasteiger partial charge in [0.2, 0.25) is 0 Å². The summed E-state index contributed by atoms with van der Waals surface area (Å²) in [5.74, 6) is -0.308. The highest BCUT2D eigenvalue weighted by Gasteiger charge is 2.14. The van der Waals surface area contributed by atoms with Crippen LogP contribution in [0.1, 0.15) is 12.0 Å². The van der Waals surface area contributed by atoms with Gasteiger partial charge in [-0.05, 0) is 28.9 Å². The average molecular weight is 317 g/mol. The molecule has 0 aliphatic heterocycles. The van der Waals surface area contributed by atoms with Crippen LogP contribution < -0.4 is 5.32 Å². The minimum Gasteiger partial charge on any atom is -0.469 e. The molecule has 0 fully saturated rings. The second-order valence-electron chi connectivity index (χ2n) is 3.63. The van der Waals surface area contributed by atoms with Crippen molar-refractivity contribution in [2.75, 3.05) is 19.0 Å². The molecule has 0 aromatic heterocycles. The molecule has 1 aromatic carbocycles. The molecule has 0 spiro atoms. The van der Waals surface area contributed by atoms with Crippen molar-refractivity contribution in [3.8, 4) is 0 Å². The molecule has 0 unspecified atom stereocenters. The van der Waals surface area contributed by atoms with E-state index in [9.17, 15) is 14.9 Å². The predicted molar refractivity (Wildman–Crippen MR) is 70.7 cm³/mol. The third-order valence-electron chi connectivity index (χ3n) is 2.35. The highest BCUT2D eigenvalue weighted by molar-refractivity contribution is 9.10. The molecule has 0 aliphatic rings. The van der Waals surface area contributed by atoms with Crippen molar-refractivity contribution in [3.63, 3.8) is 0 Å². The molecule has 0 amide bonds. The standard InChI is InChI=1S/C11H13BrN2O4/c1-7-5-9(13-4-3-11(15)18-2)8(12)6-10(7)14(16)17/h5-6,13H,3-4H2,1-2H3. The fraction of sp³-hybridized carbons (Fsp3) is 0.364. The van der Waals surface area contributed by atoms with Crippen molar-refractivity contribution in [1.29, 1.82) is 0 Å². The van der Waals surface area contributed by atoms with Gasteiger partial charge in [-0.15, -0.1) is 0 Å². The number of carbonyl (C=O) groups excluding carboxylic acids is 1. The molecular formula is C11H13BrN2O4. The number of nitrogens with one attached hydrogen (secondary N) is 1. The number of aryl methyl sites for hydroxylation is 1. The molecule has 0 heterocycles. The van der Waals surface area contributed by atoms with Gasteiger partial charge >= 0.3 is 5.97 Å². The Morgan fingerprint density at radius 3 is 2.78 bits per heavy atom. The lowest BCUT2D eigenvalue weighted by atomic mass is 10.2.